The highest BCUT2D eigenvalue weighted by molar-refractivity contribution is 5.73. The van der Waals surface area contributed by atoms with E-state index in [0.29, 0.717) is 0 Å². The average Bonchev–Trinajstić information content (AvgIpc) is 2.50. The van der Waals surface area contributed by atoms with E-state index in [4.69, 9.17) is 4.98 Å². The molecular weight excluding hydrogens is 246 g/mol. The molecule has 1 aromatic carbocycles. The van der Waals surface area contributed by atoms with E-state index in [2.05, 4.69) is 30.7 Å². The molecule has 1 unspecified atom stereocenters. The minimum Gasteiger partial charge on any atom is -0.308 e. The fraction of sp³-hybridized carbons (Fsp3) is 0.412. The van der Waals surface area contributed by atoms with Crippen LogP contribution in [0.15, 0.2) is 42.6 Å². The number of benzene rings is 1. The maximum Gasteiger partial charge on any atom is 0.0890 e. The largest absolute Gasteiger partial charge is 0.308 e. The molecule has 20 heavy (non-hydrogen) atoms. The SMILES string of the molecule is C=C(CC)CC(NCCC)c1cnc2ccccc2n1. The first-order chi connectivity index (χ1) is 9.74. The molecule has 3 nitrogen and oxygen atoms in total. The van der Waals surface area contributed by atoms with Crippen LogP contribution in [0.25, 0.3) is 11.0 Å². The van der Waals surface area contributed by atoms with Crippen molar-refractivity contribution >= 4 is 11.0 Å². The number of fused-ring (bicyclic) bond motifs is 1. The van der Waals surface area contributed by atoms with Gasteiger partial charge in [-0.1, -0.05) is 38.1 Å². The molecule has 0 spiro atoms. The van der Waals surface area contributed by atoms with Crippen LogP contribution in [-0.2, 0) is 0 Å². The summed E-state index contributed by atoms with van der Waals surface area (Å²) in [5.74, 6) is 0. The van der Waals surface area contributed by atoms with Gasteiger partial charge in [0.2, 0.25) is 0 Å². The van der Waals surface area contributed by atoms with Crippen molar-refractivity contribution < 1.29 is 0 Å². The monoisotopic (exact) mass is 269 g/mol. The zero-order valence-corrected chi connectivity index (χ0v) is 12.4. The van der Waals surface area contributed by atoms with Gasteiger partial charge in [-0.05, 0) is 37.9 Å². The van der Waals surface area contributed by atoms with Crippen LogP contribution in [0, 0.1) is 0 Å². The Morgan fingerprint density at radius 3 is 2.70 bits per heavy atom. The molecular formula is C17H23N3. The first-order valence-electron chi connectivity index (χ1n) is 7.36. The van der Waals surface area contributed by atoms with Crippen molar-refractivity contribution in [2.45, 2.75) is 39.2 Å². The van der Waals surface area contributed by atoms with Gasteiger partial charge in [-0.15, -0.1) is 0 Å². The van der Waals surface area contributed by atoms with Gasteiger partial charge >= 0.3 is 0 Å². The number of para-hydroxylation sites is 2. The van der Waals surface area contributed by atoms with Crippen LogP contribution in [-0.4, -0.2) is 16.5 Å². The summed E-state index contributed by atoms with van der Waals surface area (Å²) in [7, 11) is 0. The van der Waals surface area contributed by atoms with Crippen LogP contribution in [0.3, 0.4) is 0 Å². The van der Waals surface area contributed by atoms with E-state index in [1.807, 2.05) is 30.5 Å². The number of hydrogen-bond acceptors (Lipinski definition) is 3. The normalized spacial score (nSPS) is 12.5. The van der Waals surface area contributed by atoms with Crippen LogP contribution < -0.4 is 5.32 Å². The smallest absolute Gasteiger partial charge is 0.0890 e. The van der Waals surface area contributed by atoms with Gasteiger partial charge in [0.1, 0.15) is 0 Å². The Morgan fingerprint density at radius 2 is 2.00 bits per heavy atom. The molecule has 1 atom stereocenters. The number of aromatic nitrogens is 2. The van der Waals surface area contributed by atoms with Crippen LogP contribution in [0.5, 0.6) is 0 Å². The lowest BCUT2D eigenvalue weighted by molar-refractivity contribution is 0.512. The highest BCUT2D eigenvalue weighted by atomic mass is 14.9. The van der Waals surface area contributed by atoms with Gasteiger partial charge in [0, 0.05) is 0 Å². The molecule has 2 rings (SSSR count). The molecule has 0 aliphatic carbocycles. The molecule has 1 heterocycles. The summed E-state index contributed by atoms with van der Waals surface area (Å²) in [6.45, 7) is 9.42. The number of nitrogens with one attached hydrogen (secondary N) is 1. The molecule has 0 saturated heterocycles. The van der Waals surface area contributed by atoms with E-state index in [1.54, 1.807) is 0 Å². The lowest BCUT2D eigenvalue weighted by atomic mass is 10.0. The predicted molar refractivity (Wildman–Crippen MR) is 84.6 cm³/mol. The second-order valence-corrected chi connectivity index (χ2v) is 5.10. The molecule has 3 heteroatoms. The maximum atomic E-state index is 4.75. The van der Waals surface area contributed by atoms with E-state index in [0.717, 1.165) is 42.5 Å². The highest BCUT2D eigenvalue weighted by Gasteiger charge is 2.14. The fourth-order valence-electron chi connectivity index (χ4n) is 2.17. The number of nitrogens with zero attached hydrogens (tertiary/aromatic N) is 2. The molecule has 2 aromatic rings. The van der Waals surface area contributed by atoms with Gasteiger partial charge < -0.3 is 5.32 Å². The van der Waals surface area contributed by atoms with Crippen molar-refractivity contribution in [2.75, 3.05) is 6.54 Å². The first kappa shape index (κ1) is 14.7. The minimum atomic E-state index is 0.208. The lowest BCUT2D eigenvalue weighted by Crippen LogP contribution is -2.23. The molecule has 0 bridgehead atoms. The van der Waals surface area contributed by atoms with Gasteiger partial charge in [-0.3, -0.25) is 4.98 Å². The molecule has 106 valence electrons. The fourth-order valence-corrected chi connectivity index (χ4v) is 2.17. The van der Waals surface area contributed by atoms with E-state index >= 15 is 0 Å². The number of hydrogen-bond donors (Lipinski definition) is 1. The second kappa shape index (κ2) is 7.15. The van der Waals surface area contributed by atoms with Crippen LogP contribution in [0.2, 0.25) is 0 Å². The zero-order chi connectivity index (χ0) is 14.4. The van der Waals surface area contributed by atoms with E-state index in [9.17, 15) is 0 Å². The Hall–Kier alpha value is -1.74. The Kier molecular flexibility index (Phi) is 5.24. The van der Waals surface area contributed by atoms with Crippen LogP contribution in [0.4, 0.5) is 0 Å². The van der Waals surface area contributed by atoms with Gasteiger partial charge in [0.05, 0.1) is 29.0 Å². The third kappa shape index (κ3) is 3.64. The van der Waals surface area contributed by atoms with Crippen molar-refractivity contribution in [1.29, 1.82) is 0 Å². The quantitative estimate of drug-likeness (QED) is 0.771. The third-order valence-electron chi connectivity index (χ3n) is 3.46. The predicted octanol–water partition coefficient (Wildman–Crippen LogP) is 4.03. The minimum absolute atomic E-state index is 0.208. The summed E-state index contributed by atoms with van der Waals surface area (Å²) in [6, 6.07) is 8.20. The average molecular weight is 269 g/mol. The molecule has 0 fully saturated rings. The van der Waals surface area contributed by atoms with Gasteiger partial charge in [-0.25, -0.2) is 4.98 Å². The molecule has 0 aliphatic heterocycles. The summed E-state index contributed by atoms with van der Waals surface area (Å²) >= 11 is 0. The van der Waals surface area contributed by atoms with Gasteiger partial charge in [0.25, 0.3) is 0 Å². The zero-order valence-electron chi connectivity index (χ0n) is 12.4. The van der Waals surface area contributed by atoms with Gasteiger partial charge in [-0.2, -0.15) is 0 Å². The van der Waals surface area contributed by atoms with Crippen molar-refractivity contribution in [1.82, 2.24) is 15.3 Å². The topological polar surface area (TPSA) is 37.8 Å². The summed E-state index contributed by atoms with van der Waals surface area (Å²) < 4.78 is 0. The number of rotatable bonds is 7. The lowest BCUT2D eigenvalue weighted by Gasteiger charge is -2.19. The van der Waals surface area contributed by atoms with E-state index < -0.39 is 0 Å². The summed E-state index contributed by atoms with van der Waals surface area (Å²) in [5.41, 5.74) is 4.15. The Labute approximate surface area is 121 Å². The van der Waals surface area contributed by atoms with Crippen molar-refractivity contribution in [3.63, 3.8) is 0 Å². The molecule has 1 N–H and O–H groups in total. The third-order valence-corrected chi connectivity index (χ3v) is 3.46. The summed E-state index contributed by atoms with van der Waals surface area (Å²) in [6.07, 6.45) is 4.92. The van der Waals surface area contributed by atoms with Crippen LogP contribution in [0.1, 0.15) is 44.8 Å². The molecule has 1 aromatic heterocycles. The van der Waals surface area contributed by atoms with E-state index in [-0.39, 0.29) is 6.04 Å². The Morgan fingerprint density at radius 1 is 1.25 bits per heavy atom. The summed E-state index contributed by atoms with van der Waals surface area (Å²) in [5, 5.41) is 3.55. The Balaban J connectivity index is 2.26. The maximum absolute atomic E-state index is 4.75. The van der Waals surface area contributed by atoms with Crippen molar-refractivity contribution in [2.24, 2.45) is 0 Å². The Bertz CT molecular complexity index is 577. The summed E-state index contributed by atoms with van der Waals surface area (Å²) in [4.78, 5) is 9.26. The standard InChI is InChI=1S/C17H23N3/c1-4-10-18-16(11-13(3)5-2)17-12-19-14-8-6-7-9-15(14)20-17/h6-9,12,16,18H,3-5,10-11H2,1-2H3. The molecule has 0 aliphatic rings. The second-order valence-electron chi connectivity index (χ2n) is 5.10. The van der Waals surface area contributed by atoms with Crippen molar-refractivity contribution in [3.05, 3.63) is 48.3 Å². The highest BCUT2D eigenvalue weighted by Crippen LogP contribution is 2.21. The van der Waals surface area contributed by atoms with Crippen LogP contribution >= 0.6 is 0 Å². The van der Waals surface area contributed by atoms with E-state index in [1.165, 1.54) is 5.57 Å². The van der Waals surface area contributed by atoms with Crippen molar-refractivity contribution in [3.8, 4) is 0 Å². The molecule has 0 amide bonds. The molecule has 0 saturated carbocycles. The van der Waals surface area contributed by atoms with Gasteiger partial charge in [0.15, 0.2) is 0 Å². The first-order valence-corrected chi connectivity index (χ1v) is 7.36. The molecule has 0 radical (unpaired) electrons.